The summed E-state index contributed by atoms with van der Waals surface area (Å²) in [5.41, 5.74) is 5.36. The molecule has 0 unspecified atom stereocenters. The normalized spacial score (nSPS) is 17.3. The third kappa shape index (κ3) is 4.85. The summed E-state index contributed by atoms with van der Waals surface area (Å²) in [6.07, 6.45) is 10.6. The number of fused-ring (bicyclic) bond motifs is 2. The number of nitrogens with one attached hydrogen (secondary N) is 2. The van der Waals surface area contributed by atoms with Crippen molar-refractivity contribution >= 4 is 35.6 Å². The van der Waals surface area contributed by atoms with E-state index in [1.54, 1.807) is 0 Å². The van der Waals surface area contributed by atoms with E-state index in [-0.39, 0.29) is 11.8 Å². The molecule has 1 aromatic heterocycles. The molecular weight excluding hydrogens is 450 g/mol. The number of aliphatic imine (C=N–C) groups is 1. The van der Waals surface area contributed by atoms with Gasteiger partial charge in [-0.1, -0.05) is 26.0 Å². The summed E-state index contributed by atoms with van der Waals surface area (Å²) in [6, 6.07) is 8.02. The Kier molecular flexibility index (Phi) is 7.01. The molecule has 188 valence electrons. The van der Waals surface area contributed by atoms with Crippen LogP contribution in [-0.4, -0.2) is 47.5 Å². The monoisotopic (exact) mass is 485 g/mol. The van der Waals surface area contributed by atoms with E-state index in [2.05, 4.69) is 34.5 Å². The topological polar surface area (TPSA) is 86.7 Å². The molecule has 2 aliphatic heterocycles. The van der Waals surface area contributed by atoms with Crippen LogP contribution in [0.15, 0.2) is 41.0 Å². The van der Waals surface area contributed by atoms with Crippen LogP contribution in [-0.2, 0) is 28.0 Å². The zero-order valence-electron chi connectivity index (χ0n) is 21.3. The van der Waals surface area contributed by atoms with E-state index in [1.807, 2.05) is 47.7 Å². The molecule has 7 heteroatoms. The van der Waals surface area contributed by atoms with Crippen molar-refractivity contribution in [2.75, 3.05) is 25.0 Å². The van der Waals surface area contributed by atoms with Crippen LogP contribution in [0.1, 0.15) is 68.2 Å². The summed E-state index contributed by atoms with van der Waals surface area (Å²) in [5.74, 6) is 0.682. The Morgan fingerprint density at radius 2 is 1.92 bits per heavy atom. The molecule has 0 spiro atoms. The molecule has 0 atom stereocenters. The molecule has 2 N–H and O–H groups in total. The summed E-state index contributed by atoms with van der Waals surface area (Å²) in [7, 11) is 0. The summed E-state index contributed by atoms with van der Waals surface area (Å²) in [5, 5.41) is 6.44. The highest BCUT2D eigenvalue weighted by Gasteiger charge is 2.51. The van der Waals surface area contributed by atoms with E-state index >= 15 is 0 Å². The second-order valence-corrected chi connectivity index (χ2v) is 10.1. The number of hydrogen-bond acceptors (Lipinski definition) is 5. The standard InChI is InChI=1S/C29H35N5O2/c1-3-13-34(14-4-2)27(35)21-8-12-31-25-17-24(6-5-20(25)15-21)29(9-10-29)28(36)33-26-16-23-18-30-11-7-22(23)19-32-26/h5-6,12,15-17,19,30H,3-4,7-11,13-14,18H2,1-2H3,(H,32,33,36). The van der Waals surface area contributed by atoms with E-state index in [0.717, 1.165) is 80.7 Å². The van der Waals surface area contributed by atoms with Gasteiger partial charge in [0.15, 0.2) is 0 Å². The SMILES string of the molecule is CCCN(CCC)C(=O)C1=Cc2ccc(C3(C(=O)Nc4cc5c(cn4)CCNC5)CC3)cc2N=CC1. The third-order valence-electron chi connectivity index (χ3n) is 7.40. The van der Waals surface area contributed by atoms with E-state index in [4.69, 9.17) is 0 Å². The lowest BCUT2D eigenvalue weighted by Gasteiger charge is -2.22. The van der Waals surface area contributed by atoms with Crippen molar-refractivity contribution in [1.29, 1.82) is 0 Å². The Balaban J connectivity index is 1.35. The average molecular weight is 486 g/mol. The lowest BCUT2D eigenvalue weighted by molar-refractivity contribution is -0.127. The largest absolute Gasteiger partial charge is 0.339 e. The Morgan fingerprint density at radius 1 is 1.11 bits per heavy atom. The van der Waals surface area contributed by atoms with Crippen LogP contribution in [0.2, 0.25) is 0 Å². The zero-order chi connectivity index (χ0) is 25.1. The van der Waals surface area contributed by atoms with Crippen molar-refractivity contribution in [3.63, 3.8) is 0 Å². The molecular formula is C29H35N5O2. The zero-order valence-corrected chi connectivity index (χ0v) is 21.3. The molecule has 1 fully saturated rings. The van der Waals surface area contributed by atoms with Gasteiger partial charge in [-0.2, -0.15) is 0 Å². The maximum atomic E-state index is 13.4. The van der Waals surface area contributed by atoms with Gasteiger partial charge in [-0.05, 0) is 73.5 Å². The predicted molar refractivity (Wildman–Crippen MR) is 144 cm³/mol. The lowest BCUT2D eigenvalue weighted by Crippen LogP contribution is -2.33. The van der Waals surface area contributed by atoms with Crippen LogP contribution in [0.25, 0.3) is 6.08 Å². The van der Waals surface area contributed by atoms with E-state index in [1.165, 1.54) is 11.1 Å². The van der Waals surface area contributed by atoms with Crippen molar-refractivity contribution in [3.05, 3.63) is 58.3 Å². The van der Waals surface area contributed by atoms with Crippen molar-refractivity contribution in [1.82, 2.24) is 15.2 Å². The number of rotatable bonds is 8. The van der Waals surface area contributed by atoms with Gasteiger partial charge in [-0.25, -0.2) is 4.98 Å². The molecule has 36 heavy (non-hydrogen) atoms. The molecule has 2 amide bonds. The van der Waals surface area contributed by atoms with E-state index in [0.29, 0.717) is 12.2 Å². The molecule has 0 saturated heterocycles. The second kappa shape index (κ2) is 10.3. The first kappa shape index (κ1) is 24.4. The average Bonchev–Trinajstić information content (AvgIpc) is 3.72. The molecule has 3 aliphatic rings. The van der Waals surface area contributed by atoms with Crippen molar-refractivity contribution in [2.45, 2.75) is 64.3 Å². The second-order valence-electron chi connectivity index (χ2n) is 10.1. The fourth-order valence-electron chi connectivity index (χ4n) is 5.21. The Hall–Kier alpha value is -3.32. The van der Waals surface area contributed by atoms with Crippen LogP contribution < -0.4 is 10.6 Å². The number of benzene rings is 1. The number of aromatic nitrogens is 1. The molecule has 2 aromatic rings. The predicted octanol–water partition coefficient (Wildman–Crippen LogP) is 4.54. The van der Waals surface area contributed by atoms with Gasteiger partial charge >= 0.3 is 0 Å². The Labute approximate surface area is 213 Å². The van der Waals surface area contributed by atoms with Gasteiger partial charge in [-0.3, -0.25) is 14.6 Å². The number of carbonyl (C=O) groups excluding carboxylic acids is 2. The molecule has 1 aromatic carbocycles. The highest BCUT2D eigenvalue weighted by molar-refractivity contribution is 6.03. The summed E-state index contributed by atoms with van der Waals surface area (Å²) < 4.78 is 0. The first-order valence-electron chi connectivity index (χ1n) is 13.2. The minimum Gasteiger partial charge on any atom is -0.339 e. The summed E-state index contributed by atoms with van der Waals surface area (Å²) in [6.45, 7) is 7.49. The molecule has 0 bridgehead atoms. The minimum atomic E-state index is -0.548. The van der Waals surface area contributed by atoms with Crippen molar-refractivity contribution in [3.8, 4) is 0 Å². The number of hydrogen-bond donors (Lipinski definition) is 2. The van der Waals surface area contributed by atoms with Crippen molar-refractivity contribution in [2.24, 2.45) is 4.99 Å². The number of anilines is 1. The Morgan fingerprint density at radius 3 is 2.67 bits per heavy atom. The van der Waals surface area contributed by atoms with E-state index < -0.39 is 5.41 Å². The van der Waals surface area contributed by atoms with Gasteiger partial charge in [0.25, 0.3) is 0 Å². The summed E-state index contributed by atoms with van der Waals surface area (Å²) in [4.78, 5) is 37.6. The van der Waals surface area contributed by atoms with Gasteiger partial charge < -0.3 is 15.5 Å². The highest BCUT2D eigenvalue weighted by Crippen LogP contribution is 2.50. The lowest BCUT2D eigenvalue weighted by atomic mass is 9.92. The van der Waals surface area contributed by atoms with Gasteiger partial charge in [0.05, 0.1) is 11.1 Å². The fourth-order valence-corrected chi connectivity index (χ4v) is 5.21. The first-order chi connectivity index (χ1) is 17.5. The van der Waals surface area contributed by atoms with Crippen LogP contribution in [0.4, 0.5) is 11.5 Å². The molecule has 1 aliphatic carbocycles. The van der Waals surface area contributed by atoms with E-state index in [9.17, 15) is 9.59 Å². The number of amides is 2. The maximum Gasteiger partial charge on any atom is 0.250 e. The highest BCUT2D eigenvalue weighted by atomic mass is 16.2. The summed E-state index contributed by atoms with van der Waals surface area (Å²) >= 11 is 0. The van der Waals surface area contributed by atoms with Crippen molar-refractivity contribution < 1.29 is 9.59 Å². The smallest absolute Gasteiger partial charge is 0.250 e. The third-order valence-corrected chi connectivity index (χ3v) is 7.40. The van der Waals surface area contributed by atoms with Crippen LogP contribution in [0.5, 0.6) is 0 Å². The maximum absolute atomic E-state index is 13.4. The van der Waals surface area contributed by atoms with Gasteiger partial charge in [0.1, 0.15) is 5.82 Å². The molecule has 7 nitrogen and oxygen atoms in total. The van der Waals surface area contributed by atoms with Crippen LogP contribution in [0, 0.1) is 0 Å². The van der Waals surface area contributed by atoms with Crippen LogP contribution in [0.3, 0.4) is 0 Å². The van der Waals surface area contributed by atoms with Gasteiger partial charge in [0, 0.05) is 49.6 Å². The minimum absolute atomic E-state index is 0.0162. The molecule has 5 rings (SSSR count). The van der Waals surface area contributed by atoms with Crippen LogP contribution >= 0.6 is 0 Å². The molecule has 1 saturated carbocycles. The number of pyridine rings is 1. The van der Waals surface area contributed by atoms with Gasteiger partial charge in [-0.15, -0.1) is 0 Å². The Bertz CT molecular complexity index is 1220. The fraction of sp³-hybridized carbons (Fsp3) is 0.448. The number of carbonyl (C=O) groups is 2. The molecule has 0 radical (unpaired) electrons. The number of nitrogens with zero attached hydrogens (tertiary/aromatic N) is 3. The quantitative estimate of drug-likeness (QED) is 0.575. The first-order valence-corrected chi connectivity index (χ1v) is 13.2. The van der Waals surface area contributed by atoms with Gasteiger partial charge in [0.2, 0.25) is 11.8 Å². The molecule has 3 heterocycles.